The summed E-state index contributed by atoms with van der Waals surface area (Å²) in [4.78, 5) is 0. The van der Waals surface area contributed by atoms with Gasteiger partial charge in [0.25, 0.3) is 0 Å². The summed E-state index contributed by atoms with van der Waals surface area (Å²) in [7, 11) is 0. The van der Waals surface area contributed by atoms with Crippen LogP contribution in [0.3, 0.4) is 0 Å². The van der Waals surface area contributed by atoms with Gasteiger partial charge in [-0.3, -0.25) is 0 Å². The van der Waals surface area contributed by atoms with E-state index in [1.54, 1.807) is 11.1 Å². The first-order valence-corrected chi connectivity index (χ1v) is 6.62. The van der Waals surface area contributed by atoms with Crippen LogP contribution in [0, 0.1) is 0 Å². The Hall–Kier alpha value is -0.820. The van der Waals surface area contributed by atoms with E-state index in [2.05, 4.69) is 43.4 Å². The van der Waals surface area contributed by atoms with Crippen LogP contribution in [0.25, 0.3) is 0 Å². The molecule has 1 heteroatoms. The number of fused-ring (bicyclic) bond motifs is 1. The first-order valence-electron chi connectivity index (χ1n) is 6.62. The molecular formula is C15H23N. The Morgan fingerprint density at radius 1 is 1.25 bits per heavy atom. The second-order valence-corrected chi connectivity index (χ2v) is 5.08. The smallest absolute Gasteiger partial charge is 0.0150 e. The van der Waals surface area contributed by atoms with Gasteiger partial charge in [0.15, 0.2) is 0 Å². The maximum atomic E-state index is 3.76. The number of hydrogen-bond acceptors (Lipinski definition) is 1. The van der Waals surface area contributed by atoms with Crippen molar-refractivity contribution in [2.75, 3.05) is 0 Å². The van der Waals surface area contributed by atoms with E-state index in [-0.39, 0.29) is 0 Å². The molecule has 0 saturated heterocycles. The largest absolute Gasteiger partial charge is 0.311 e. The van der Waals surface area contributed by atoms with Crippen LogP contribution in [0.5, 0.6) is 0 Å². The average Bonchev–Trinajstić information content (AvgIpc) is 2.68. The zero-order valence-corrected chi connectivity index (χ0v) is 10.5. The van der Waals surface area contributed by atoms with Gasteiger partial charge in [-0.15, -0.1) is 0 Å². The number of rotatable bonds is 5. The van der Waals surface area contributed by atoms with E-state index in [0.717, 1.165) is 0 Å². The van der Waals surface area contributed by atoms with Gasteiger partial charge in [-0.25, -0.2) is 0 Å². The molecule has 0 aliphatic heterocycles. The highest BCUT2D eigenvalue weighted by molar-refractivity contribution is 5.33. The van der Waals surface area contributed by atoms with E-state index in [1.165, 1.54) is 32.1 Å². The lowest BCUT2D eigenvalue weighted by Gasteiger charge is -2.18. The molecule has 2 rings (SSSR count). The van der Waals surface area contributed by atoms with Crippen molar-refractivity contribution in [2.24, 2.45) is 0 Å². The SMILES string of the molecule is CCCCC(C)NC1Cc2ccccc2C1. The standard InChI is InChI=1S/C15H23N/c1-3-4-7-12(2)16-15-10-13-8-5-6-9-14(13)11-15/h5-6,8-9,12,15-16H,3-4,7,10-11H2,1-2H3. The second kappa shape index (κ2) is 5.49. The lowest BCUT2D eigenvalue weighted by molar-refractivity contribution is 0.427. The van der Waals surface area contributed by atoms with E-state index in [9.17, 15) is 0 Å². The van der Waals surface area contributed by atoms with Crippen LogP contribution in [0.4, 0.5) is 0 Å². The van der Waals surface area contributed by atoms with Crippen molar-refractivity contribution in [3.8, 4) is 0 Å². The van der Waals surface area contributed by atoms with Crippen molar-refractivity contribution in [2.45, 2.75) is 58.0 Å². The number of nitrogens with one attached hydrogen (secondary N) is 1. The highest BCUT2D eigenvalue weighted by Crippen LogP contribution is 2.22. The molecule has 1 aliphatic rings. The molecule has 1 aromatic carbocycles. The van der Waals surface area contributed by atoms with E-state index in [1.807, 2.05) is 0 Å². The van der Waals surface area contributed by atoms with Gasteiger partial charge in [-0.05, 0) is 37.3 Å². The molecule has 1 unspecified atom stereocenters. The predicted octanol–water partition coefficient (Wildman–Crippen LogP) is 3.32. The van der Waals surface area contributed by atoms with Crippen molar-refractivity contribution in [1.29, 1.82) is 0 Å². The lowest BCUT2D eigenvalue weighted by atomic mass is 10.1. The molecule has 0 bridgehead atoms. The summed E-state index contributed by atoms with van der Waals surface area (Å²) >= 11 is 0. The molecule has 0 spiro atoms. The van der Waals surface area contributed by atoms with Crippen LogP contribution in [0.1, 0.15) is 44.2 Å². The maximum absolute atomic E-state index is 3.76. The average molecular weight is 217 g/mol. The Kier molecular flexibility index (Phi) is 4.00. The van der Waals surface area contributed by atoms with Crippen molar-refractivity contribution in [3.63, 3.8) is 0 Å². The molecule has 1 N–H and O–H groups in total. The Bertz CT molecular complexity index is 307. The molecule has 1 aliphatic carbocycles. The highest BCUT2D eigenvalue weighted by atomic mass is 14.9. The van der Waals surface area contributed by atoms with E-state index in [4.69, 9.17) is 0 Å². The van der Waals surface area contributed by atoms with Gasteiger partial charge in [-0.1, -0.05) is 44.0 Å². The molecule has 0 amide bonds. The van der Waals surface area contributed by atoms with Crippen LogP contribution < -0.4 is 5.32 Å². The van der Waals surface area contributed by atoms with Gasteiger partial charge in [-0.2, -0.15) is 0 Å². The Morgan fingerprint density at radius 3 is 2.44 bits per heavy atom. The maximum Gasteiger partial charge on any atom is 0.0150 e. The van der Waals surface area contributed by atoms with Crippen LogP contribution in [0.15, 0.2) is 24.3 Å². The normalized spacial score (nSPS) is 17.4. The van der Waals surface area contributed by atoms with Crippen LogP contribution in [-0.4, -0.2) is 12.1 Å². The molecule has 1 aromatic rings. The van der Waals surface area contributed by atoms with Gasteiger partial charge in [0, 0.05) is 12.1 Å². The minimum atomic E-state index is 0.666. The van der Waals surface area contributed by atoms with Gasteiger partial charge < -0.3 is 5.32 Å². The summed E-state index contributed by atoms with van der Waals surface area (Å²) in [6, 6.07) is 10.2. The van der Waals surface area contributed by atoms with Gasteiger partial charge in [0.05, 0.1) is 0 Å². The zero-order valence-electron chi connectivity index (χ0n) is 10.5. The van der Waals surface area contributed by atoms with Gasteiger partial charge in [0.2, 0.25) is 0 Å². The van der Waals surface area contributed by atoms with Gasteiger partial charge >= 0.3 is 0 Å². The fourth-order valence-corrected chi connectivity index (χ4v) is 2.67. The second-order valence-electron chi connectivity index (χ2n) is 5.08. The van der Waals surface area contributed by atoms with Gasteiger partial charge in [0.1, 0.15) is 0 Å². The summed E-state index contributed by atoms with van der Waals surface area (Å²) in [6.45, 7) is 4.58. The third kappa shape index (κ3) is 2.85. The van der Waals surface area contributed by atoms with Crippen LogP contribution in [-0.2, 0) is 12.8 Å². The zero-order chi connectivity index (χ0) is 11.4. The molecule has 1 nitrogen and oxygen atoms in total. The Morgan fingerprint density at radius 2 is 1.88 bits per heavy atom. The molecule has 16 heavy (non-hydrogen) atoms. The summed E-state index contributed by atoms with van der Waals surface area (Å²) < 4.78 is 0. The Labute approximate surface area is 99.3 Å². The Balaban J connectivity index is 1.82. The lowest BCUT2D eigenvalue weighted by Crippen LogP contribution is -2.36. The summed E-state index contributed by atoms with van der Waals surface area (Å²) in [6.07, 6.45) is 6.38. The van der Waals surface area contributed by atoms with E-state index >= 15 is 0 Å². The van der Waals surface area contributed by atoms with Crippen molar-refractivity contribution in [1.82, 2.24) is 5.32 Å². The summed E-state index contributed by atoms with van der Waals surface area (Å²) in [5, 5.41) is 3.76. The first kappa shape index (κ1) is 11.7. The fourth-order valence-electron chi connectivity index (χ4n) is 2.67. The first-order chi connectivity index (χ1) is 7.79. The molecule has 0 radical (unpaired) electrons. The quantitative estimate of drug-likeness (QED) is 0.798. The number of unbranched alkanes of at least 4 members (excludes halogenated alkanes) is 1. The van der Waals surface area contributed by atoms with Crippen LogP contribution >= 0.6 is 0 Å². The molecule has 1 atom stereocenters. The minimum absolute atomic E-state index is 0.666. The predicted molar refractivity (Wildman–Crippen MR) is 69.8 cm³/mol. The molecular weight excluding hydrogens is 194 g/mol. The number of benzene rings is 1. The third-order valence-electron chi connectivity index (χ3n) is 3.56. The molecule has 0 fully saturated rings. The van der Waals surface area contributed by atoms with Crippen LogP contribution in [0.2, 0.25) is 0 Å². The third-order valence-corrected chi connectivity index (χ3v) is 3.56. The monoisotopic (exact) mass is 217 g/mol. The summed E-state index contributed by atoms with van der Waals surface area (Å²) in [5.41, 5.74) is 3.09. The fraction of sp³-hybridized carbons (Fsp3) is 0.600. The minimum Gasteiger partial charge on any atom is -0.311 e. The van der Waals surface area contributed by atoms with E-state index in [0.29, 0.717) is 12.1 Å². The summed E-state index contributed by atoms with van der Waals surface area (Å²) in [5.74, 6) is 0. The van der Waals surface area contributed by atoms with Crippen molar-refractivity contribution in [3.05, 3.63) is 35.4 Å². The topological polar surface area (TPSA) is 12.0 Å². The molecule has 0 saturated carbocycles. The van der Waals surface area contributed by atoms with E-state index < -0.39 is 0 Å². The number of hydrogen-bond donors (Lipinski definition) is 1. The van der Waals surface area contributed by atoms with Crippen molar-refractivity contribution < 1.29 is 0 Å². The molecule has 0 heterocycles. The molecule has 88 valence electrons. The molecule has 0 aromatic heterocycles. The van der Waals surface area contributed by atoms with Crippen molar-refractivity contribution >= 4 is 0 Å². The highest BCUT2D eigenvalue weighted by Gasteiger charge is 2.21.